The smallest absolute Gasteiger partial charge is 0.0554 e. The number of thioether (sulfide) groups is 1. The first-order valence-electron chi connectivity index (χ1n) is 5.56. The van der Waals surface area contributed by atoms with Gasteiger partial charge in [-0.15, -0.1) is 0 Å². The summed E-state index contributed by atoms with van der Waals surface area (Å²) in [5, 5.41) is 4.60. The van der Waals surface area contributed by atoms with Gasteiger partial charge in [-0.1, -0.05) is 6.92 Å². The Balaban J connectivity index is 1.66. The Bertz CT molecular complexity index is 194. The lowest BCUT2D eigenvalue weighted by Gasteiger charge is -2.39. The summed E-state index contributed by atoms with van der Waals surface area (Å²) in [7, 11) is 0. The van der Waals surface area contributed by atoms with Crippen molar-refractivity contribution in [3.63, 3.8) is 0 Å². The van der Waals surface area contributed by atoms with Gasteiger partial charge in [0, 0.05) is 23.3 Å². The second kappa shape index (κ2) is 4.42. The number of rotatable bonds is 4. The maximum atomic E-state index is 5.25. The molecule has 0 aromatic carbocycles. The predicted molar refractivity (Wildman–Crippen MR) is 61.9 cm³/mol. The van der Waals surface area contributed by atoms with Crippen LogP contribution in [0.5, 0.6) is 0 Å². The molecule has 3 heteroatoms. The van der Waals surface area contributed by atoms with E-state index in [1.54, 1.807) is 0 Å². The average molecular weight is 215 g/mol. The van der Waals surface area contributed by atoms with E-state index in [1.165, 1.54) is 19.3 Å². The Morgan fingerprint density at radius 2 is 2.21 bits per heavy atom. The Morgan fingerprint density at radius 3 is 2.71 bits per heavy atom. The van der Waals surface area contributed by atoms with Gasteiger partial charge in [0.15, 0.2) is 0 Å². The molecule has 1 aliphatic carbocycles. The molecule has 2 atom stereocenters. The van der Waals surface area contributed by atoms with Crippen molar-refractivity contribution in [3.05, 3.63) is 0 Å². The number of hydrogen-bond acceptors (Lipinski definition) is 3. The molecule has 1 N–H and O–H groups in total. The summed E-state index contributed by atoms with van der Waals surface area (Å²) in [4.78, 5) is 0. The lowest BCUT2D eigenvalue weighted by Crippen LogP contribution is -2.49. The molecule has 2 aliphatic rings. The summed E-state index contributed by atoms with van der Waals surface area (Å²) < 4.78 is 5.25. The third kappa shape index (κ3) is 2.44. The highest BCUT2D eigenvalue weighted by Crippen LogP contribution is 2.30. The molecule has 0 bridgehead atoms. The highest BCUT2D eigenvalue weighted by atomic mass is 32.2. The zero-order valence-corrected chi connectivity index (χ0v) is 10.0. The van der Waals surface area contributed by atoms with Crippen LogP contribution in [0.2, 0.25) is 0 Å². The van der Waals surface area contributed by atoms with E-state index >= 15 is 0 Å². The van der Waals surface area contributed by atoms with Gasteiger partial charge in [-0.2, -0.15) is 11.8 Å². The first-order chi connectivity index (χ1) is 6.72. The maximum absolute atomic E-state index is 5.25. The van der Waals surface area contributed by atoms with E-state index in [4.69, 9.17) is 4.74 Å². The molecule has 2 unspecified atom stereocenters. The molecule has 1 saturated carbocycles. The van der Waals surface area contributed by atoms with Gasteiger partial charge in [0.2, 0.25) is 0 Å². The van der Waals surface area contributed by atoms with Gasteiger partial charge in [-0.3, -0.25) is 0 Å². The van der Waals surface area contributed by atoms with Crippen LogP contribution in [-0.2, 0) is 4.74 Å². The third-order valence-electron chi connectivity index (χ3n) is 3.44. The van der Waals surface area contributed by atoms with Crippen LogP contribution in [0.15, 0.2) is 0 Å². The van der Waals surface area contributed by atoms with E-state index in [1.807, 2.05) is 11.8 Å². The fourth-order valence-corrected chi connectivity index (χ4v) is 3.08. The highest BCUT2D eigenvalue weighted by molar-refractivity contribution is 7.99. The van der Waals surface area contributed by atoms with Gasteiger partial charge >= 0.3 is 0 Å². The molecular weight excluding hydrogens is 194 g/mol. The van der Waals surface area contributed by atoms with Crippen molar-refractivity contribution in [1.82, 2.24) is 5.32 Å². The summed E-state index contributed by atoms with van der Waals surface area (Å²) in [6.07, 6.45) is 6.35. The van der Waals surface area contributed by atoms with Crippen LogP contribution < -0.4 is 5.32 Å². The van der Waals surface area contributed by atoms with Crippen molar-refractivity contribution < 1.29 is 4.74 Å². The fourth-order valence-electron chi connectivity index (χ4n) is 2.28. The van der Waals surface area contributed by atoms with Gasteiger partial charge in [0.05, 0.1) is 13.2 Å². The van der Waals surface area contributed by atoms with Crippen LogP contribution in [0, 0.1) is 5.41 Å². The molecule has 2 nitrogen and oxygen atoms in total. The number of nitrogens with one attached hydrogen (secondary N) is 1. The third-order valence-corrected chi connectivity index (χ3v) is 4.53. The van der Waals surface area contributed by atoms with Gasteiger partial charge < -0.3 is 10.1 Å². The number of ether oxygens (including phenoxy) is 1. The van der Waals surface area contributed by atoms with Crippen LogP contribution >= 0.6 is 11.8 Å². The van der Waals surface area contributed by atoms with Gasteiger partial charge in [-0.25, -0.2) is 0 Å². The highest BCUT2D eigenvalue weighted by Gasteiger charge is 2.34. The van der Waals surface area contributed by atoms with E-state index in [2.05, 4.69) is 18.5 Å². The van der Waals surface area contributed by atoms with Crippen molar-refractivity contribution in [2.75, 3.05) is 26.0 Å². The molecule has 2 fully saturated rings. The maximum Gasteiger partial charge on any atom is 0.0554 e. The largest absolute Gasteiger partial charge is 0.380 e. The predicted octanol–water partition coefficient (Wildman–Crippen LogP) is 1.90. The lowest BCUT2D eigenvalue weighted by molar-refractivity contribution is -0.0999. The minimum atomic E-state index is 0.428. The molecule has 14 heavy (non-hydrogen) atoms. The van der Waals surface area contributed by atoms with Crippen LogP contribution in [0.3, 0.4) is 0 Å². The summed E-state index contributed by atoms with van der Waals surface area (Å²) in [5.74, 6) is 0. The summed E-state index contributed by atoms with van der Waals surface area (Å²) >= 11 is 2.02. The molecule has 1 saturated heterocycles. The topological polar surface area (TPSA) is 21.3 Å². The standard InChI is InChI=1S/C11H21NOS/c1-11(7-13-8-11)6-12-9-3-4-10(5-9)14-2/h9-10,12H,3-8H2,1-2H3. The van der Waals surface area contributed by atoms with Crippen molar-refractivity contribution in [2.24, 2.45) is 5.41 Å². The molecule has 0 radical (unpaired) electrons. The quantitative estimate of drug-likeness (QED) is 0.774. The monoisotopic (exact) mass is 215 g/mol. The van der Waals surface area contributed by atoms with Crippen molar-refractivity contribution in [1.29, 1.82) is 0 Å². The molecule has 0 aromatic heterocycles. The first-order valence-corrected chi connectivity index (χ1v) is 6.85. The second-order valence-electron chi connectivity index (χ2n) is 5.05. The minimum absolute atomic E-state index is 0.428. The van der Waals surface area contributed by atoms with E-state index in [9.17, 15) is 0 Å². The first kappa shape index (κ1) is 10.8. The lowest BCUT2D eigenvalue weighted by atomic mass is 9.88. The summed E-state index contributed by atoms with van der Waals surface area (Å²) in [5.41, 5.74) is 0.428. The Kier molecular flexibility index (Phi) is 3.40. The molecule has 0 aromatic rings. The normalized spacial score (nSPS) is 35.6. The molecule has 0 amide bonds. The molecular formula is C11H21NOS. The Hall–Kier alpha value is 0.270. The van der Waals surface area contributed by atoms with Crippen LogP contribution in [0.4, 0.5) is 0 Å². The van der Waals surface area contributed by atoms with Crippen molar-refractivity contribution in [2.45, 2.75) is 37.5 Å². The minimum Gasteiger partial charge on any atom is -0.380 e. The summed E-state index contributed by atoms with van der Waals surface area (Å²) in [6, 6.07) is 0.768. The van der Waals surface area contributed by atoms with Crippen LogP contribution in [-0.4, -0.2) is 37.3 Å². The van der Waals surface area contributed by atoms with Crippen molar-refractivity contribution in [3.8, 4) is 0 Å². The summed E-state index contributed by atoms with van der Waals surface area (Å²) in [6.45, 7) is 5.33. The Morgan fingerprint density at radius 1 is 1.43 bits per heavy atom. The SMILES string of the molecule is CSC1CCC(NCC2(C)COC2)C1. The van der Waals surface area contributed by atoms with Gasteiger partial charge in [0.25, 0.3) is 0 Å². The van der Waals surface area contributed by atoms with Gasteiger partial charge in [0.1, 0.15) is 0 Å². The molecule has 1 heterocycles. The Labute approximate surface area is 91.2 Å². The van der Waals surface area contributed by atoms with E-state index in [0.717, 1.165) is 31.1 Å². The zero-order chi connectivity index (χ0) is 10.0. The molecule has 82 valence electrons. The average Bonchev–Trinajstić information content (AvgIpc) is 2.59. The molecule has 2 rings (SSSR count). The van der Waals surface area contributed by atoms with Crippen molar-refractivity contribution >= 4 is 11.8 Å². The van der Waals surface area contributed by atoms with Crippen LogP contribution in [0.25, 0.3) is 0 Å². The zero-order valence-electron chi connectivity index (χ0n) is 9.21. The fraction of sp³-hybridized carbons (Fsp3) is 1.00. The molecule has 0 spiro atoms. The molecule has 1 aliphatic heterocycles. The van der Waals surface area contributed by atoms with Gasteiger partial charge in [-0.05, 0) is 25.5 Å². The van der Waals surface area contributed by atoms with E-state index in [0.29, 0.717) is 5.41 Å². The second-order valence-corrected chi connectivity index (χ2v) is 6.19. The van der Waals surface area contributed by atoms with Crippen LogP contribution in [0.1, 0.15) is 26.2 Å². The van der Waals surface area contributed by atoms with E-state index < -0.39 is 0 Å². The van der Waals surface area contributed by atoms with E-state index in [-0.39, 0.29) is 0 Å². The number of hydrogen-bond donors (Lipinski definition) is 1.